The number of phenols is 1. The number of ether oxygens (including phenoxy) is 1. The number of ketones is 1. The fourth-order valence-electron chi connectivity index (χ4n) is 4.22. The smallest absolute Gasteiger partial charge is 0.296 e. The van der Waals surface area contributed by atoms with E-state index in [0.29, 0.717) is 10.7 Å². The van der Waals surface area contributed by atoms with E-state index in [9.17, 15) is 19.8 Å². The van der Waals surface area contributed by atoms with Crippen molar-refractivity contribution in [3.8, 4) is 11.5 Å². The Hall–Kier alpha value is -4.11. The Morgan fingerprint density at radius 3 is 2.68 bits per heavy atom. The molecule has 172 valence electrons. The molecular formula is C25H20N2O6S. The summed E-state index contributed by atoms with van der Waals surface area (Å²) in [6.45, 7) is 3.92. The fourth-order valence-corrected chi connectivity index (χ4v) is 5.39. The number of aromatic nitrogens is 1. The largest absolute Gasteiger partial charge is 0.504 e. The minimum absolute atomic E-state index is 0.0114. The number of phenolic OH excluding ortho intramolecular Hbond substituents is 1. The summed E-state index contributed by atoms with van der Waals surface area (Å²) in [7, 11) is 1.40. The predicted molar refractivity (Wildman–Crippen MR) is 127 cm³/mol. The number of amides is 1. The molecule has 1 unspecified atom stereocenters. The normalized spacial score (nSPS) is 16.0. The van der Waals surface area contributed by atoms with Crippen LogP contribution in [0.3, 0.4) is 0 Å². The third-order valence-electron chi connectivity index (χ3n) is 5.74. The van der Waals surface area contributed by atoms with Crippen LogP contribution in [0, 0.1) is 13.8 Å². The lowest BCUT2D eigenvalue weighted by atomic mass is 9.95. The predicted octanol–water partition coefficient (Wildman–Crippen LogP) is 5.00. The molecule has 5 rings (SSSR count). The molecular weight excluding hydrogens is 456 g/mol. The highest BCUT2D eigenvalue weighted by atomic mass is 32.1. The number of aryl methyl sites for hydroxylation is 2. The fraction of sp³-hybridized carbons (Fsp3) is 0.160. The van der Waals surface area contributed by atoms with Crippen molar-refractivity contribution in [3.63, 3.8) is 0 Å². The molecule has 1 atom stereocenters. The maximum absolute atomic E-state index is 13.3. The van der Waals surface area contributed by atoms with Crippen LogP contribution in [-0.2, 0) is 4.79 Å². The number of fused-ring (bicyclic) bond motifs is 1. The van der Waals surface area contributed by atoms with Gasteiger partial charge >= 0.3 is 0 Å². The number of anilines is 1. The van der Waals surface area contributed by atoms with Crippen molar-refractivity contribution in [3.05, 3.63) is 82.5 Å². The van der Waals surface area contributed by atoms with Crippen molar-refractivity contribution in [1.29, 1.82) is 0 Å². The minimum atomic E-state index is -1.01. The summed E-state index contributed by atoms with van der Waals surface area (Å²) >= 11 is 1.29. The molecule has 3 heterocycles. The number of Topliss-reactive ketones (excluding diaryl/α,β-unsaturated/α-hetero) is 1. The number of thiazole rings is 1. The number of rotatable bonds is 5. The standard InChI is InChI=1S/C25H20N2O6S/c1-12-9-13(2)20-18(10-12)34-25(26-20)27-21(14-6-7-15(28)17(11-14)32-3)19(23(30)24(27)31)22(29)16-5-4-8-33-16/h4-11,21,28,30H,1-3H3. The van der Waals surface area contributed by atoms with Crippen molar-refractivity contribution >= 4 is 38.4 Å². The highest BCUT2D eigenvalue weighted by Gasteiger charge is 2.46. The number of nitrogens with zero attached hydrogens (tertiary/aromatic N) is 2. The molecule has 8 nitrogen and oxygen atoms in total. The molecule has 0 fully saturated rings. The summed E-state index contributed by atoms with van der Waals surface area (Å²) in [5.74, 6) is -1.99. The molecule has 1 aliphatic rings. The lowest BCUT2D eigenvalue weighted by Crippen LogP contribution is -2.31. The molecule has 0 radical (unpaired) electrons. The van der Waals surface area contributed by atoms with Crippen LogP contribution < -0.4 is 9.64 Å². The molecule has 2 aromatic carbocycles. The zero-order valence-corrected chi connectivity index (χ0v) is 19.3. The van der Waals surface area contributed by atoms with E-state index >= 15 is 0 Å². The zero-order chi connectivity index (χ0) is 24.1. The van der Waals surface area contributed by atoms with Gasteiger partial charge in [0.2, 0.25) is 5.78 Å². The third-order valence-corrected chi connectivity index (χ3v) is 6.74. The van der Waals surface area contributed by atoms with E-state index in [0.717, 1.165) is 21.3 Å². The number of carbonyl (C=O) groups is 2. The molecule has 0 spiro atoms. The van der Waals surface area contributed by atoms with Crippen LogP contribution in [-0.4, -0.2) is 34.0 Å². The van der Waals surface area contributed by atoms with E-state index < -0.39 is 23.5 Å². The van der Waals surface area contributed by atoms with Gasteiger partial charge in [0.25, 0.3) is 5.91 Å². The van der Waals surface area contributed by atoms with Crippen LogP contribution in [0.25, 0.3) is 10.2 Å². The van der Waals surface area contributed by atoms with Gasteiger partial charge in [-0.2, -0.15) is 0 Å². The van der Waals surface area contributed by atoms with Crippen molar-refractivity contribution in [2.24, 2.45) is 0 Å². The van der Waals surface area contributed by atoms with Gasteiger partial charge in [-0.3, -0.25) is 14.5 Å². The molecule has 0 saturated carbocycles. The number of aliphatic hydroxyl groups excluding tert-OH is 1. The molecule has 4 aromatic rings. The van der Waals surface area contributed by atoms with Gasteiger partial charge < -0.3 is 19.4 Å². The average molecular weight is 477 g/mol. The second-order valence-corrected chi connectivity index (χ2v) is 9.01. The topological polar surface area (TPSA) is 113 Å². The number of methoxy groups -OCH3 is 1. The van der Waals surface area contributed by atoms with E-state index in [1.165, 1.54) is 47.8 Å². The van der Waals surface area contributed by atoms with Gasteiger partial charge in [-0.25, -0.2) is 4.98 Å². The number of hydrogen-bond donors (Lipinski definition) is 2. The third kappa shape index (κ3) is 3.32. The molecule has 9 heteroatoms. The van der Waals surface area contributed by atoms with E-state index in [4.69, 9.17) is 9.15 Å². The van der Waals surface area contributed by atoms with Gasteiger partial charge in [-0.05, 0) is 60.9 Å². The first kappa shape index (κ1) is 21.7. The van der Waals surface area contributed by atoms with Gasteiger partial charge in [0.05, 0.1) is 35.2 Å². The quantitative estimate of drug-likeness (QED) is 0.390. The summed E-state index contributed by atoms with van der Waals surface area (Å²) in [5.41, 5.74) is 3.07. The Morgan fingerprint density at radius 1 is 1.18 bits per heavy atom. The number of carbonyl (C=O) groups excluding carboxylic acids is 2. The van der Waals surface area contributed by atoms with Gasteiger partial charge in [-0.15, -0.1) is 0 Å². The highest BCUT2D eigenvalue weighted by molar-refractivity contribution is 7.22. The Balaban J connectivity index is 1.72. The number of hydrogen-bond acceptors (Lipinski definition) is 8. The van der Waals surface area contributed by atoms with Crippen LogP contribution in [0.5, 0.6) is 11.5 Å². The van der Waals surface area contributed by atoms with Crippen molar-refractivity contribution < 1.29 is 29.0 Å². The molecule has 2 N–H and O–H groups in total. The summed E-state index contributed by atoms with van der Waals surface area (Å²) in [5, 5.41) is 21.3. The zero-order valence-electron chi connectivity index (χ0n) is 18.5. The Kier molecular flexibility index (Phi) is 5.13. The molecule has 1 amide bonds. The van der Waals surface area contributed by atoms with Crippen LogP contribution in [0.4, 0.5) is 5.13 Å². The molecule has 34 heavy (non-hydrogen) atoms. The van der Waals surface area contributed by atoms with Gasteiger partial charge in [0.15, 0.2) is 28.1 Å². The van der Waals surface area contributed by atoms with Crippen molar-refractivity contribution in [2.75, 3.05) is 12.0 Å². The maximum Gasteiger partial charge on any atom is 0.296 e. The maximum atomic E-state index is 13.3. The number of furan rings is 1. The Bertz CT molecular complexity index is 1480. The first-order chi connectivity index (χ1) is 16.3. The molecule has 0 bridgehead atoms. The van der Waals surface area contributed by atoms with Crippen molar-refractivity contribution in [2.45, 2.75) is 19.9 Å². The number of aliphatic hydroxyl groups is 1. The van der Waals surface area contributed by atoms with E-state index in [2.05, 4.69) is 4.98 Å². The second kappa shape index (κ2) is 8.03. The number of benzene rings is 2. The van der Waals surface area contributed by atoms with Gasteiger partial charge in [0.1, 0.15) is 0 Å². The van der Waals surface area contributed by atoms with Crippen LogP contribution in [0.15, 0.2) is 64.5 Å². The molecule has 1 aliphatic heterocycles. The Labute approximate surface area is 198 Å². The molecule has 2 aromatic heterocycles. The second-order valence-electron chi connectivity index (χ2n) is 8.00. The highest BCUT2D eigenvalue weighted by Crippen LogP contribution is 2.46. The van der Waals surface area contributed by atoms with Crippen LogP contribution in [0.2, 0.25) is 0 Å². The van der Waals surface area contributed by atoms with Crippen LogP contribution in [0.1, 0.15) is 33.3 Å². The molecule has 0 aliphatic carbocycles. The van der Waals surface area contributed by atoms with Crippen molar-refractivity contribution in [1.82, 2.24) is 4.98 Å². The van der Waals surface area contributed by atoms with Gasteiger partial charge in [-0.1, -0.05) is 23.5 Å². The summed E-state index contributed by atoms with van der Waals surface area (Å²) in [6.07, 6.45) is 1.34. The first-order valence-electron chi connectivity index (χ1n) is 10.4. The van der Waals surface area contributed by atoms with E-state index in [-0.39, 0.29) is 22.8 Å². The van der Waals surface area contributed by atoms with E-state index in [1.807, 2.05) is 26.0 Å². The minimum Gasteiger partial charge on any atom is -0.504 e. The van der Waals surface area contributed by atoms with E-state index in [1.54, 1.807) is 12.1 Å². The Morgan fingerprint density at radius 2 is 1.97 bits per heavy atom. The monoisotopic (exact) mass is 476 g/mol. The lowest BCUT2D eigenvalue weighted by Gasteiger charge is -2.24. The SMILES string of the molecule is COc1cc(C2C(C(=O)c3ccco3)=C(O)C(=O)N2c2nc3c(C)cc(C)cc3s2)ccc1O. The lowest BCUT2D eigenvalue weighted by molar-refractivity contribution is -0.117. The first-order valence-corrected chi connectivity index (χ1v) is 11.2. The summed E-state index contributed by atoms with van der Waals surface area (Å²) < 4.78 is 11.4. The average Bonchev–Trinajstić information content (AvgIpc) is 3.53. The van der Waals surface area contributed by atoms with Crippen LogP contribution >= 0.6 is 11.3 Å². The molecule has 0 saturated heterocycles. The summed E-state index contributed by atoms with van der Waals surface area (Å²) in [4.78, 5) is 32.7. The van der Waals surface area contributed by atoms with Gasteiger partial charge in [0, 0.05) is 0 Å². The number of aromatic hydroxyl groups is 1. The summed E-state index contributed by atoms with van der Waals surface area (Å²) in [6, 6.07) is 10.5.